The van der Waals surface area contributed by atoms with E-state index in [0.29, 0.717) is 31.8 Å². The number of hydrogen-bond donors (Lipinski definition) is 2. The average molecular weight is 356 g/mol. The van der Waals surface area contributed by atoms with Crippen LogP contribution < -0.4 is 5.32 Å². The highest BCUT2D eigenvalue weighted by molar-refractivity contribution is 5.86. The van der Waals surface area contributed by atoms with E-state index < -0.39 is 17.3 Å². The summed E-state index contributed by atoms with van der Waals surface area (Å²) in [6.45, 7) is 1.24. The van der Waals surface area contributed by atoms with Crippen molar-refractivity contribution in [3.05, 3.63) is 35.4 Å². The van der Waals surface area contributed by atoms with Crippen molar-refractivity contribution in [2.24, 2.45) is 5.92 Å². The average Bonchev–Trinajstić information content (AvgIpc) is 3.36. The highest BCUT2D eigenvalue weighted by Crippen LogP contribution is 2.33. The van der Waals surface area contributed by atoms with Crippen molar-refractivity contribution in [3.8, 4) is 0 Å². The van der Waals surface area contributed by atoms with E-state index in [-0.39, 0.29) is 24.6 Å². The maximum Gasteiger partial charge on any atom is 0.416 e. The number of rotatable bonds is 6. The Labute approximate surface area is 145 Å². The number of nitrogens with one attached hydrogen (secondary N) is 1. The molecule has 1 aromatic rings. The van der Waals surface area contributed by atoms with E-state index in [1.54, 1.807) is 11.0 Å². The molecule has 1 heterocycles. The molecule has 1 aromatic carbocycles. The quantitative estimate of drug-likeness (QED) is 0.824. The Kier molecular flexibility index (Phi) is 5.06. The summed E-state index contributed by atoms with van der Waals surface area (Å²) in [6, 6.07) is 5.33. The van der Waals surface area contributed by atoms with Crippen LogP contribution in [0, 0.1) is 5.92 Å². The van der Waals surface area contributed by atoms with Gasteiger partial charge in [0, 0.05) is 26.2 Å². The second-order valence-electron chi connectivity index (χ2n) is 7.09. The first-order chi connectivity index (χ1) is 11.8. The maximum absolute atomic E-state index is 13.0. The van der Waals surface area contributed by atoms with Crippen molar-refractivity contribution in [1.82, 2.24) is 10.2 Å². The van der Waals surface area contributed by atoms with Gasteiger partial charge in [-0.3, -0.25) is 4.79 Å². The van der Waals surface area contributed by atoms with Crippen LogP contribution in [0.15, 0.2) is 24.3 Å². The van der Waals surface area contributed by atoms with Crippen molar-refractivity contribution >= 4 is 5.91 Å². The molecule has 1 aliphatic heterocycles. The summed E-state index contributed by atoms with van der Waals surface area (Å²) in [5.74, 6) is 0.236. The van der Waals surface area contributed by atoms with E-state index in [2.05, 4.69) is 5.32 Å². The van der Waals surface area contributed by atoms with Gasteiger partial charge < -0.3 is 15.3 Å². The minimum Gasteiger partial charge on any atom is -0.379 e. The number of alkyl halides is 3. The van der Waals surface area contributed by atoms with Gasteiger partial charge in [0.2, 0.25) is 0 Å². The Morgan fingerprint density at radius 3 is 2.68 bits per heavy atom. The molecule has 0 aromatic heterocycles. The van der Waals surface area contributed by atoms with Crippen molar-refractivity contribution < 1.29 is 23.1 Å². The SMILES string of the molecule is O=C1N(CC2CC2)CCCC1(O)CNCc1ccccc1C(F)(F)F. The van der Waals surface area contributed by atoms with Crippen LogP contribution in [0.4, 0.5) is 13.2 Å². The highest BCUT2D eigenvalue weighted by Gasteiger charge is 2.43. The lowest BCUT2D eigenvalue weighted by atomic mass is 9.91. The van der Waals surface area contributed by atoms with Gasteiger partial charge in [-0.25, -0.2) is 0 Å². The number of carbonyl (C=O) groups is 1. The number of likely N-dealkylation sites (tertiary alicyclic amines) is 1. The van der Waals surface area contributed by atoms with Gasteiger partial charge >= 0.3 is 6.18 Å². The van der Waals surface area contributed by atoms with Gasteiger partial charge in [0.15, 0.2) is 5.60 Å². The van der Waals surface area contributed by atoms with Crippen LogP contribution in [-0.2, 0) is 17.5 Å². The van der Waals surface area contributed by atoms with Gasteiger partial charge in [0.05, 0.1) is 5.56 Å². The van der Waals surface area contributed by atoms with Crippen LogP contribution in [0.25, 0.3) is 0 Å². The molecule has 1 aliphatic carbocycles. The smallest absolute Gasteiger partial charge is 0.379 e. The van der Waals surface area contributed by atoms with Gasteiger partial charge in [0.25, 0.3) is 5.91 Å². The van der Waals surface area contributed by atoms with Crippen LogP contribution in [-0.4, -0.2) is 41.1 Å². The number of benzene rings is 1. The largest absolute Gasteiger partial charge is 0.416 e. The maximum atomic E-state index is 13.0. The van der Waals surface area contributed by atoms with E-state index >= 15 is 0 Å². The van der Waals surface area contributed by atoms with Gasteiger partial charge in [-0.2, -0.15) is 13.2 Å². The molecule has 0 spiro atoms. The minimum absolute atomic E-state index is 0.0425. The molecule has 1 saturated carbocycles. The normalized spacial score (nSPS) is 24.6. The minimum atomic E-state index is -4.42. The zero-order valence-corrected chi connectivity index (χ0v) is 14.0. The number of carbonyl (C=O) groups excluding carboxylic acids is 1. The number of hydrogen-bond acceptors (Lipinski definition) is 3. The summed E-state index contributed by atoms with van der Waals surface area (Å²) < 4.78 is 39.0. The van der Waals surface area contributed by atoms with E-state index in [9.17, 15) is 23.1 Å². The number of aliphatic hydroxyl groups is 1. The zero-order valence-electron chi connectivity index (χ0n) is 14.0. The molecule has 1 saturated heterocycles. The lowest BCUT2D eigenvalue weighted by molar-refractivity contribution is -0.157. The Bertz CT molecular complexity index is 631. The molecule has 4 nitrogen and oxygen atoms in total. The predicted molar refractivity (Wildman–Crippen MR) is 86.6 cm³/mol. The molecule has 25 heavy (non-hydrogen) atoms. The summed E-state index contributed by atoms with van der Waals surface area (Å²) in [5.41, 5.74) is -2.11. The summed E-state index contributed by atoms with van der Waals surface area (Å²) in [4.78, 5) is 14.2. The summed E-state index contributed by atoms with van der Waals surface area (Å²) >= 11 is 0. The highest BCUT2D eigenvalue weighted by atomic mass is 19.4. The fraction of sp³-hybridized carbons (Fsp3) is 0.611. The fourth-order valence-electron chi connectivity index (χ4n) is 3.37. The Hall–Kier alpha value is -1.60. The molecule has 1 amide bonds. The first kappa shape index (κ1) is 18.2. The Morgan fingerprint density at radius 1 is 1.28 bits per heavy atom. The second kappa shape index (κ2) is 6.96. The van der Waals surface area contributed by atoms with Crippen LogP contribution >= 0.6 is 0 Å². The molecule has 1 unspecified atom stereocenters. The number of piperidine rings is 1. The fourth-order valence-corrected chi connectivity index (χ4v) is 3.37. The number of halogens is 3. The monoisotopic (exact) mass is 356 g/mol. The molecular formula is C18H23F3N2O2. The van der Waals surface area contributed by atoms with E-state index in [1.165, 1.54) is 12.1 Å². The van der Waals surface area contributed by atoms with Crippen LogP contribution in [0.2, 0.25) is 0 Å². The van der Waals surface area contributed by atoms with Gasteiger partial charge in [-0.1, -0.05) is 18.2 Å². The van der Waals surface area contributed by atoms with Crippen molar-refractivity contribution in [2.45, 2.75) is 44.0 Å². The molecular weight excluding hydrogens is 333 g/mol. The van der Waals surface area contributed by atoms with Crippen LogP contribution in [0.5, 0.6) is 0 Å². The number of nitrogens with zero attached hydrogens (tertiary/aromatic N) is 1. The molecule has 3 rings (SSSR count). The van der Waals surface area contributed by atoms with Gasteiger partial charge in [-0.05, 0) is 43.2 Å². The number of amides is 1. The standard InChI is InChI=1S/C18H23F3N2O2/c19-18(20,21)15-5-2-1-4-14(15)10-22-12-17(25)8-3-9-23(16(17)24)11-13-6-7-13/h1-2,4-5,13,22,25H,3,6-12H2. The first-order valence-electron chi connectivity index (χ1n) is 8.67. The lowest BCUT2D eigenvalue weighted by Gasteiger charge is -2.38. The van der Waals surface area contributed by atoms with E-state index in [0.717, 1.165) is 18.9 Å². The van der Waals surface area contributed by atoms with Gasteiger partial charge in [-0.15, -0.1) is 0 Å². The third-order valence-electron chi connectivity index (χ3n) is 4.93. The molecule has 7 heteroatoms. The van der Waals surface area contributed by atoms with Crippen molar-refractivity contribution in [2.75, 3.05) is 19.6 Å². The molecule has 0 bridgehead atoms. The molecule has 1 atom stereocenters. The zero-order chi connectivity index (χ0) is 18.1. The second-order valence-corrected chi connectivity index (χ2v) is 7.09. The first-order valence-corrected chi connectivity index (χ1v) is 8.67. The third kappa shape index (κ3) is 4.33. The van der Waals surface area contributed by atoms with Crippen LogP contribution in [0.3, 0.4) is 0 Å². The Balaban J connectivity index is 1.60. The molecule has 0 radical (unpaired) electrons. The lowest BCUT2D eigenvalue weighted by Crippen LogP contribution is -2.58. The topological polar surface area (TPSA) is 52.6 Å². The molecule has 2 fully saturated rings. The van der Waals surface area contributed by atoms with E-state index in [4.69, 9.17) is 0 Å². The van der Waals surface area contributed by atoms with E-state index in [1.807, 2.05) is 0 Å². The summed E-state index contributed by atoms with van der Waals surface area (Å²) in [7, 11) is 0. The predicted octanol–water partition coefficient (Wildman–Crippen LogP) is 2.56. The molecule has 2 aliphatic rings. The van der Waals surface area contributed by atoms with Gasteiger partial charge in [0.1, 0.15) is 0 Å². The third-order valence-corrected chi connectivity index (χ3v) is 4.93. The molecule has 2 N–H and O–H groups in total. The summed E-state index contributed by atoms with van der Waals surface area (Å²) in [5, 5.41) is 13.5. The van der Waals surface area contributed by atoms with Crippen LogP contribution in [0.1, 0.15) is 36.8 Å². The van der Waals surface area contributed by atoms with Crippen molar-refractivity contribution in [3.63, 3.8) is 0 Å². The summed E-state index contributed by atoms with van der Waals surface area (Å²) in [6.07, 6.45) is -1.14. The molecule has 138 valence electrons. The Morgan fingerprint density at radius 2 is 2.00 bits per heavy atom. The van der Waals surface area contributed by atoms with Crippen molar-refractivity contribution in [1.29, 1.82) is 0 Å².